The molecule has 0 radical (unpaired) electrons. The fourth-order valence-corrected chi connectivity index (χ4v) is 6.98. The lowest BCUT2D eigenvalue weighted by atomic mass is 9.94. The van der Waals surface area contributed by atoms with Gasteiger partial charge in [-0.05, 0) is 75.1 Å². The molecular formula is C44H26N4O. The van der Waals surface area contributed by atoms with E-state index in [0.717, 1.165) is 71.4 Å². The Kier molecular flexibility index (Phi) is 6.11. The standard InChI is InChI=1S/C44H26N4O/c1-3-11-29-25-31(20-18-27(29)9-1)42-46-43(32-21-19-28-10-2-4-12-30(28)26-32)48-44(47-42)35-14-6-5-13-33(35)34-15-7-17-39-40(34)37-22-23-38-36(41(37)49-39)16-8-24-45-38/h1-26H. The summed E-state index contributed by atoms with van der Waals surface area (Å²) in [6.45, 7) is 0. The Labute approximate surface area is 281 Å². The molecule has 3 heterocycles. The Morgan fingerprint density at radius 2 is 1.02 bits per heavy atom. The van der Waals surface area contributed by atoms with Crippen LogP contribution in [-0.2, 0) is 0 Å². The number of hydrogen-bond acceptors (Lipinski definition) is 5. The molecule has 0 fully saturated rings. The minimum atomic E-state index is 0.608. The van der Waals surface area contributed by atoms with Crippen LogP contribution >= 0.6 is 0 Å². The zero-order valence-electron chi connectivity index (χ0n) is 26.2. The lowest BCUT2D eigenvalue weighted by Crippen LogP contribution is -2.01. The molecule has 0 atom stereocenters. The van der Waals surface area contributed by atoms with E-state index < -0.39 is 0 Å². The van der Waals surface area contributed by atoms with E-state index in [-0.39, 0.29) is 0 Å². The first-order valence-corrected chi connectivity index (χ1v) is 16.3. The average molecular weight is 627 g/mol. The van der Waals surface area contributed by atoms with E-state index in [1.807, 2.05) is 30.5 Å². The molecule has 10 rings (SSSR count). The molecule has 0 aliphatic heterocycles. The molecule has 0 unspecified atom stereocenters. The van der Waals surface area contributed by atoms with Gasteiger partial charge < -0.3 is 4.42 Å². The highest BCUT2D eigenvalue weighted by Crippen LogP contribution is 2.42. The zero-order valence-corrected chi connectivity index (χ0v) is 26.2. The third-order valence-electron chi connectivity index (χ3n) is 9.35. The summed E-state index contributed by atoms with van der Waals surface area (Å²) < 4.78 is 6.52. The molecule has 49 heavy (non-hydrogen) atoms. The van der Waals surface area contributed by atoms with Gasteiger partial charge >= 0.3 is 0 Å². The molecule has 3 aromatic heterocycles. The summed E-state index contributed by atoms with van der Waals surface area (Å²) in [5.41, 5.74) is 7.42. The molecule has 0 saturated carbocycles. The average Bonchev–Trinajstić information content (AvgIpc) is 3.57. The van der Waals surface area contributed by atoms with Crippen molar-refractivity contribution in [3.05, 3.63) is 158 Å². The number of rotatable bonds is 4. The van der Waals surface area contributed by atoms with Gasteiger partial charge in [0.25, 0.3) is 0 Å². The second kappa shape index (κ2) is 10.9. The van der Waals surface area contributed by atoms with Crippen LogP contribution in [0.4, 0.5) is 0 Å². The molecule has 228 valence electrons. The molecule has 0 bridgehead atoms. The van der Waals surface area contributed by atoms with Crippen LogP contribution in [0.15, 0.2) is 162 Å². The summed E-state index contributed by atoms with van der Waals surface area (Å²) in [7, 11) is 0. The van der Waals surface area contributed by atoms with Crippen LogP contribution < -0.4 is 0 Å². The first-order chi connectivity index (χ1) is 24.3. The van der Waals surface area contributed by atoms with Crippen molar-refractivity contribution in [3.63, 3.8) is 0 Å². The molecule has 7 aromatic carbocycles. The van der Waals surface area contributed by atoms with Gasteiger partial charge in [0.05, 0.1) is 5.52 Å². The van der Waals surface area contributed by atoms with Crippen molar-refractivity contribution in [1.82, 2.24) is 19.9 Å². The minimum Gasteiger partial charge on any atom is -0.455 e. The first kappa shape index (κ1) is 27.4. The summed E-state index contributed by atoms with van der Waals surface area (Å²) in [6.07, 6.45) is 1.81. The first-order valence-electron chi connectivity index (χ1n) is 16.3. The number of furan rings is 1. The third-order valence-corrected chi connectivity index (χ3v) is 9.35. The maximum Gasteiger partial charge on any atom is 0.164 e. The molecular weight excluding hydrogens is 601 g/mol. The number of fused-ring (bicyclic) bond motifs is 7. The van der Waals surface area contributed by atoms with Crippen LogP contribution in [0.2, 0.25) is 0 Å². The Morgan fingerprint density at radius 3 is 1.73 bits per heavy atom. The predicted molar refractivity (Wildman–Crippen MR) is 199 cm³/mol. The van der Waals surface area contributed by atoms with Crippen molar-refractivity contribution in [3.8, 4) is 45.3 Å². The Bertz CT molecular complexity index is 2810. The quantitative estimate of drug-likeness (QED) is 0.194. The smallest absolute Gasteiger partial charge is 0.164 e. The van der Waals surface area contributed by atoms with Gasteiger partial charge in [-0.15, -0.1) is 0 Å². The Morgan fingerprint density at radius 1 is 0.408 bits per heavy atom. The number of pyridine rings is 1. The molecule has 5 nitrogen and oxygen atoms in total. The van der Waals surface area contributed by atoms with Crippen molar-refractivity contribution in [2.75, 3.05) is 0 Å². The second-order valence-electron chi connectivity index (χ2n) is 12.3. The monoisotopic (exact) mass is 626 g/mol. The topological polar surface area (TPSA) is 64.7 Å². The van der Waals surface area contributed by atoms with Crippen LogP contribution in [-0.4, -0.2) is 19.9 Å². The van der Waals surface area contributed by atoms with Crippen LogP contribution in [0.3, 0.4) is 0 Å². The highest BCUT2D eigenvalue weighted by Gasteiger charge is 2.20. The van der Waals surface area contributed by atoms with Crippen molar-refractivity contribution in [2.45, 2.75) is 0 Å². The van der Waals surface area contributed by atoms with Gasteiger partial charge in [-0.3, -0.25) is 4.98 Å². The fraction of sp³-hybridized carbons (Fsp3) is 0. The summed E-state index contributed by atoms with van der Waals surface area (Å²) >= 11 is 0. The number of aromatic nitrogens is 4. The van der Waals surface area contributed by atoms with Crippen molar-refractivity contribution in [2.24, 2.45) is 0 Å². The molecule has 10 aromatic rings. The largest absolute Gasteiger partial charge is 0.455 e. The molecule has 0 spiro atoms. The lowest BCUT2D eigenvalue weighted by molar-refractivity contribution is 0.672. The second-order valence-corrected chi connectivity index (χ2v) is 12.3. The highest BCUT2D eigenvalue weighted by molar-refractivity contribution is 6.19. The van der Waals surface area contributed by atoms with E-state index in [4.69, 9.17) is 19.4 Å². The van der Waals surface area contributed by atoms with E-state index in [9.17, 15) is 0 Å². The van der Waals surface area contributed by atoms with E-state index in [2.05, 4.69) is 132 Å². The van der Waals surface area contributed by atoms with Crippen LogP contribution in [0.1, 0.15) is 0 Å². The number of nitrogens with zero attached hydrogens (tertiary/aromatic N) is 4. The van der Waals surface area contributed by atoms with Gasteiger partial charge in [0, 0.05) is 39.0 Å². The summed E-state index contributed by atoms with van der Waals surface area (Å²) in [4.78, 5) is 20.0. The Balaban J connectivity index is 1.21. The van der Waals surface area contributed by atoms with Crippen LogP contribution in [0.25, 0.3) is 99.7 Å². The normalized spacial score (nSPS) is 11.7. The molecule has 0 N–H and O–H groups in total. The van der Waals surface area contributed by atoms with Crippen molar-refractivity contribution in [1.29, 1.82) is 0 Å². The molecule has 0 amide bonds. The summed E-state index contributed by atoms with van der Waals surface area (Å²) in [5, 5.41) is 7.70. The van der Waals surface area contributed by atoms with Crippen molar-refractivity contribution >= 4 is 54.4 Å². The third kappa shape index (κ3) is 4.55. The zero-order chi connectivity index (χ0) is 32.3. The van der Waals surface area contributed by atoms with E-state index >= 15 is 0 Å². The molecule has 0 aliphatic rings. The van der Waals surface area contributed by atoms with E-state index in [0.29, 0.717) is 17.5 Å². The number of hydrogen-bond donors (Lipinski definition) is 0. The molecule has 0 aliphatic carbocycles. The number of benzene rings is 7. The van der Waals surface area contributed by atoms with E-state index in [1.54, 1.807) is 0 Å². The lowest BCUT2D eigenvalue weighted by Gasteiger charge is -2.13. The van der Waals surface area contributed by atoms with Gasteiger partial charge in [-0.2, -0.15) is 0 Å². The Hall–Kier alpha value is -6.72. The summed E-state index contributed by atoms with van der Waals surface area (Å²) in [6, 6.07) is 52.2. The van der Waals surface area contributed by atoms with Gasteiger partial charge in [0.2, 0.25) is 0 Å². The summed E-state index contributed by atoms with van der Waals surface area (Å²) in [5.74, 6) is 1.86. The maximum atomic E-state index is 6.52. The maximum absolute atomic E-state index is 6.52. The predicted octanol–water partition coefficient (Wildman–Crippen LogP) is 11.3. The van der Waals surface area contributed by atoms with E-state index in [1.165, 1.54) is 10.8 Å². The molecule has 0 saturated heterocycles. The van der Waals surface area contributed by atoms with Crippen LogP contribution in [0, 0.1) is 0 Å². The van der Waals surface area contributed by atoms with Gasteiger partial charge in [0.15, 0.2) is 17.5 Å². The SMILES string of the molecule is c1ccc(-c2cccc3oc4c5cccnc5ccc4c23)c(-c2nc(-c3ccc4ccccc4c3)nc(-c3ccc4ccccc4c3)n2)c1. The highest BCUT2D eigenvalue weighted by atomic mass is 16.3. The fourth-order valence-electron chi connectivity index (χ4n) is 6.98. The minimum absolute atomic E-state index is 0.608. The van der Waals surface area contributed by atoms with Crippen molar-refractivity contribution < 1.29 is 4.42 Å². The van der Waals surface area contributed by atoms with Gasteiger partial charge in [-0.25, -0.2) is 15.0 Å². The van der Waals surface area contributed by atoms with Gasteiger partial charge in [0.1, 0.15) is 11.2 Å². The molecule has 5 heteroatoms. The van der Waals surface area contributed by atoms with Crippen LogP contribution in [0.5, 0.6) is 0 Å². The van der Waals surface area contributed by atoms with Gasteiger partial charge in [-0.1, -0.05) is 109 Å².